The molecule has 1 amide bonds. The number of nitrogens with one attached hydrogen (secondary N) is 1. The van der Waals surface area contributed by atoms with E-state index >= 15 is 0 Å². The standard InChI is InChI=1S/C14H26N2O2S/c1-10(19(3)18)8-9-16-13(12-6-4-5-7-12)15-11(2)14(16)17/h10-13,15H,4-9H2,1-3H3. The molecule has 0 radical (unpaired) electrons. The van der Waals surface area contributed by atoms with Gasteiger partial charge in [-0.25, -0.2) is 0 Å². The Morgan fingerprint density at radius 2 is 2.05 bits per heavy atom. The highest BCUT2D eigenvalue weighted by molar-refractivity contribution is 7.84. The Morgan fingerprint density at radius 3 is 2.63 bits per heavy atom. The van der Waals surface area contributed by atoms with Crippen molar-refractivity contribution >= 4 is 16.7 Å². The van der Waals surface area contributed by atoms with Gasteiger partial charge < -0.3 is 4.90 Å². The minimum atomic E-state index is -0.802. The molecule has 5 heteroatoms. The second-order valence-corrected chi connectivity index (χ2v) is 7.81. The van der Waals surface area contributed by atoms with Crippen LogP contribution in [-0.2, 0) is 15.6 Å². The molecule has 1 N–H and O–H groups in total. The SMILES string of the molecule is CC1NC(C2CCCC2)N(CCC(C)S(C)=O)C1=O. The van der Waals surface area contributed by atoms with Crippen LogP contribution in [0.5, 0.6) is 0 Å². The summed E-state index contributed by atoms with van der Waals surface area (Å²) in [6.45, 7) is 4.68. The van der Waals surface area contributed by atoms with E-state index in [2.05, 4.69) is 5.32 Å². The van der Waals surface area contributed by atoms with E-state index in [1.807, 2.05) is 18.7 Å². The number of carbonyl (C=O) groups is 1. The van der Waals surface area contributed by atoms with E-state index in [4.69, 9.17) is 0 Å². The lowest BCUT2D eigenvalue weighted by Gasteiger charge is -2.29. The number of amides is 1. The van der Waals surface area contributed by atoms with Gasteiger partial charge in [-0.15, -0.1) is 0 Å². The Balaban J connectivity index is 1.97. The summed E-state index contributed by atoms with van der Waals surface area (Å²) in [6, 6.07) is -0.0620. The van der Waals surface area contributed by atoms with Crippen LogP contribution in [0.1, 0.15) is 46.0 Å². The fourth-order valence-electron chi connectivity index (χ4n) is 3.20. The lowest BCUT2D eigenvalue weighted by atomic mass is 10.0. The zero-order valence-electron chi connectivity index (χ0n) is 12.2. The van der Waals surface area contributed by atoms with Crippen molar-refractivity contribution in [2.45, 2.75) is 63.4 Å². The average molecular weight is 286 g/mol. The van der Waals surface area contributed by atoms with Crippen molar-refractivity contribution in [3.63, 3.8) is 0 Å². The van der Waals surface area contributed by atoms with Crippen molar-refractivity contribution in [2.75, 3.05) is 12.8 Å². The number of hydrogen-bond donors (Lipinski definition) is 1. The van der Waals surface area contributed by atoms with Crippen LogP contribution >= 0.6 is 0 Å². The zero-order chi connectivity index (χ0) is 14.0. The lowest BCUT2D eigenvalue weighted by molar-refractivity contribution is -0.130. The Morgan fingerprint density at radius 1 is 1.42 bits per heavy atom. The zero-order valence-corrected chi connectivity index (χ0v) is 13.0. The minimum Gasteiger partial charge on any atom is -0.325 e. The fraction of sp³-hybridized carbons (Fsp3) is 0.929. The van der Waals surface area contributed by atoms with Crippen molar-refractivity contribution in [1.29, 1.82) is 0 Å². The van der Waals surface area contributed by atoms with Gasteiger partial charge in [-0.1, -0.05) is 19.8 Å². The van der Waals surface area contributed by atoms with Crippen molar-refractivity contribution in [3.05, 3.63) is 0 Å². The molecule has 0 aromatic rings. The highest BCUT2D eigenvalue weighted by Gasteiger charge is 2.40. The quantitative estimate of drug-likeness (QED) is 0.833. The highest BCUT2D eigenvalue weighted by atomic mass is 32.2. The van der Waals surface area contributed by atoms with Gasteiger partial charge in [0.2, 0.25) is 5.91 Å². The van der Waals surface area contributed by atoms with Crippen LogP contribution in [0.15, 0.2) is 0 Å². The summed E-state index contributed by atoms with van der Waals surface area (Å²) in [5.41, 5.74) is 0. The summed E-state index contributed by atoms with van der Waals surface area (Å²) in [4.78, 5) is 14.2. The predicted molar refractivity (Wildman–Crippen MR) is 78.2 cm³/mol. The smallest absolute Gasteiger partial charge is 0.240 e. The molecule has 0 bridgehead atoms. The van der Waals surface area contributed by atoms with Crippen LogP contribution in [0.2, 0.25) is 0 Å². The molecule has 2 rings (SSSR count). The van der Waals surface area contributed by atoms with Gasteiger partial charge in [-0.05, 0) is 32.1 Å². The molecule has 1 saturated heterocycles. The van der Waals surface area contributed by atoms with Gasteiger partial charge in [-0.3, -0.25) is 14.3 Å². The molecule has 110 valence electrons. The largest absolute Gasteiger partial charge is 0.325 e. The minimum absolute atomic E-state index is 0.0620. The molecule has 2 fully saturated rings. The maximum absolute atomic E-state index is 12.2. The second kappa shape index (κ2) is 6.35. The Bertz CT molecular complexity index is 355. The van der Waals surface area contributed by atoms with Crippen LogP contribution in [0.25, 0.3) is 0 Å². The van der Waals surface area contributed by atoms with Crippen molar-refractivity contribution in [1.82, 2.24) is 10.2 Å². The highest BCUT2D eigenvalue weighted by Crippen LogP contribution is 2.32. The fourth-order valence-corrected chi connectivity index (χ4v) is 3.64. The molecule has 4 nitrogen and oxygen atoms in total. The first-order valence-electron chi connectivity index (χ1n) is 7.39. The van der Waals surface area contributed by atoms with E-state index in [1.165, 1.54) is 25.7 Å². The summed E-state index contributed by atoms with van der Waals surface area (Å²) < 4.78 is 11.4. The predicted octanol–water partition coefficient (Wildman–Crippen LogP) is 1.48. The first kappa shape index (κ1) is 15.0. The molecule has 1 saturated carbocycles. The van der Waals surface area contributed by atoms with Gasteiger partial charge in [-0.2, -0.15) is 0 Å². The molecule has 1 heterocycles. The molecule has 4 unspecified atom stereocenters. The van der Waals surface area contributed by atoms with Gasteiger partial charge in [0.1, 0.15) is 0 Å². The molecule has 1 aliphatic heterocycles. The van der Waals surface area contributed by atoms with Gasteiger partial charge >= 0.3 is 0 Å². The summed E-state index contributed by atoms with van der Waals surface area (Å²) in [5, 5.41) is 3.61. The van der Waals surface area contributed by atoms with Crippen LogP contribution in [0.3, 0.4) is 0 Å². The topological polar surface area (TPSA) is 49.4 Å². The van der Waals surface area contributed by atoms with E-state index in [9.17, 15) is 9.00 Å². The van der Waals surface area contributed by atoms with Crippen molar-refractivity contribution in [3.8, 4) is 0 Å². The first-order chi connectivity index (χ1) is 9.00. The molecular weight excluding hydrogens is 260 g/mol. The molecule has 0 aromatic carbocycles. The maximum atomic E-state index is 12.2. The Kier molecular flexibility index (Phi) is 5.01. The molecular formula is C14H26N2O2S. The van der Waals surface area contributed by atoms with Gasteiger partial charge in [0.15, 0.2) is 0 Å². The molecule has 1 aliphatic carbocycles. The van der Waals surface area contributed by atoms with E-state index in [-0.39, 0.29) is 23.4 Å². The van der Waals surface area contributed by atoms with Gasteiger partial charge in [0.05, 0.1) is 12.2 Å². The molecule has 4 atom stereocenters. The molecule has 19 heavy (non-hydrogen) atoms. The monoisotopic (exact) mass is 286 g/mol. The number of carbonyl (C=O) groups excluding carboxylic acids is 1. The summed E-state index contributed by atoms with van der Waals surface area (Å²) in [5.74, 6) is 0.822. The van der Waals surface area contributed by atoms with Crippen LogP contribution in [-0.4, -0.2) is 45.3 Å². The third kappa shape index (κ3) is 3.37. The van der Waals surface area contributed by atoms with E-state index in [1.54, 1.807) is 6.26 Å². The Labute approximate surface area is 118 Å². The van der Waals surface area contributed by atoms with Gasteiger partial charge in [0, 0.05) is 28.9 Å². The van der Waals surface area contributed by atoms with Crippen LogP contribution in [0.4, 0.5) is 0 Å². The molecule has 0 aromatic heterocycles. The maximum Gasteiger partial charge on any atom is 0.240 e. The second-order valence-electron chi connectivity index (χ2n) is 6.01. The van der Waals surface area contributed by atoms with Crippen LogP contribution < -0.4 is 5.32 Å². The van der Waals surface area contributed by atoms with Gasteiger partial charge in [0.25, 0.3) is 0 Å². The van der Waals surface area contributed by atoms with E-state index < -0.39 is 10.8 Å². The third-order valence-corrected chi connectivity index (χ3v) is 5.97. The van der Waals surface area contributed by atoms with E-state index in [0.29, 0.717) is 5.92 Å². The summed E-state index contributed by atoms with van der Waals surface area (Å²) in [7, 11) is -0.802. The number of hydrogen-bond acceptors (Lipinski definition) is 3. The summed E-state index contributed by atoms with van der Waals surface area (Å²) in [6.07, 6.45) is 7.80. The summed E-state index contributed by atoms with van der Waals surface area (Å²) >= 11 is 0. The van der Waals surface area contributed by atoms with Crippen molar-refractivity contribution in [2.24, 2.45) is 5.92 Å². The van der Waals surface area contributed by atoms with Crippen molar-refractivity contribution < 1.29 is 9.00 Å². The van der Waals surface area contributed by atoms with E-state index in [0.717, 1.165) is 13.0 Å². The Hall–Kier alpha value is -0.420. The third-order valence-electron chi connectivity index (χ3n) is 4.60. The average Bonchev–Trinajstić information content (AvgIpc) is 2.97. The normalized spacial score (nSPS) is 31.9. The first-order valence-corrected chi connectivity index (χ1v) is 9.01. The molecule has 0 spiro atoms. The van der Waals surface area contributed by atoms with Crippen LogP contribution in [0, 0.1) is 5.92 Å². The lowest BCUT2D eigenvalue weighted by Crippen LogP contribution is -2.43. The number of rotatable bonds is 5. The molecule has 2 aliphatic rings. The number of nitrogens with zero attached hydrogens (tertiary/aromatic N) is 1.